The zero-order valence-corrected chi connectivity index (χ0v) is 18.4. The van der Waals surface area contributed by atoms with Crippen molar-refractivity contribution in [3.8, 4) is 0 Å². The lowest BCUT2D eigenvalue weighted by Crippen LogP contribution is -2.48. The van der Waals surface area contributed by atoms with Crippen LogP contribution in [0, 0.1) is 5.82 Å². The number of methoxy groups -OCH3 is 1. The summed E-state index contributed by atoms with van der Waals surface area (Å²) in [6.07, 6.45) is 0. The number of rotatable bonds is 8. The topological polar surface area (TPSA) is 59.3 Å². The maximum atomic E-state index is 13.6. The molecule has 0 aliphatic carbocycles. The van der Waals surface area contributed by atoms with Gasteiger partial charge < -0.3 is 4.74 Å². The molecule has 4 rings (SSSR count). The van der Waals surface area contributed by atoms with Gasteiger partial charge in [0, 0.05) is 39.8 Å². The van der Waals surface area contributed by atoms with Crippen molar-refractivity contribution in [2.24, 2.45) is 0 Å². The molecule has 3 aromatic rings. The first kappa shape index (κ1) is 23.3. The highest BCUT2D eigenvalue weighted by Crippen LogP contribution is 2.28. The molecule has 1 aliphatic rings. The van der Waals surface area contributed by atoms with Crippen molar-refractivity contribution in [2.45, 2.75) is 19.1 Å². The number of nitrogens with zero attached hydrogens (tertiary/aromatic N) is 6. The van der Waals surface area contributed by atoms with E-state index < -0.39 is 0 Å². The van der Waals surface area contributed by atoms with Crippen LogP contribution in [0.2, 0.25) is 0 Å². The summed E-state index contributed by atoms with van der Waals surface area (Å²) in [6, 6.07) is 17.0. The van der Waals surface area contributed by atoms with E-state index in [1.807, 2.05) is 18.2 Å². The van der Waals surface area contributed by atoms with Crippen molar-refractivity contribution in [3.63, 3.8) is 0 Å². The standard InChI is InChI=1S/C22H27FN6O.ClH/c1-30-16-15-29-22(24-25-26-29)21(19-7-9-20(23)10-8-19)28-13-11-27(12-14-28)17-18-5-3-2-4-6-18;/h2-10,21H,11-17H2,1H3;1H. The average Bonchev–Trinajstić information content (AvgIpc) is 3.24. The van der Waals surface area contributed by atoms with Crippen molar-refractivity contribution in [1.82, 2.24) is 30.0 Å². The molecule has 1 atom stereocenters. The molecule has 2 heterocycles. The molecule has 0 amide bonds. The molecule has 7 nitrogen and oxygen atoms in total. The van der Waals surface area contributed by atoms with Gasteiger partial charge in [0.25, 0.3) is 0 Å². The van der Waals surface area contributed by atoms with Crippen molar-refractivity contribution in [2.75, 3.05) is 39.9 Å². The van der Waals surface area contributed by atoms with Crippen molar-refractivity contribution in [3.05, 3.63) is 77.4 Å². The van der Waals surface area contributed by atoms with Crippen LogP contribution in [0.5, 0.6) is 0 Å². The molecule has 0 saturated carbocycles. The molecular weight excluding hydrogens is 419 g/mol. The zero-order valence-electron chi connectivity index (χ0n) is 17.6. The molecule has 0 bridgehead atoms. The van der Waals surface area contributed by atoms with E-state index in [2.05, 4.69) is 49.6 Å². The second-order valence-corrected chi connectivity index (χ2v) is 7.50. The predicted octanol–water partition coefficient (Wildman–Crippen LogP) is 2.79. The number of aromatic nitrogens is 4. The van der Waals surface area contributed by atoms with Crippen LogP contribution < -0.4 is 0 Å². The Morgan fingerprint density at radius 1 is 1.00 bits per heavy atom. The summed E-state index contributed by atoms with van der Waals surface area (Å²) < 4.78 is 20.5. The predicted molar refractivity (Wildman–Crippen MR) is 118 cm³/mol. The molecule has 0 N–H and O–H groups in total. The Bertz CT molecular complexity index is 915. The van der Waals surface area contributed by atoms with Crippen LogP contribution in [0.3, 0.4) is 0 Å². The number of tetrazole rings is 1. The number of benzene rings is 2. The largest absolute Gasteiger partial charge is 0.383 e. The molecule has 31 heavy (non-hydrogen) atoms. The second-order valence-electron chi connectivity index (χ2n) is 7.50. The summed E-state index contributed by atoms with van der Waals surface area (Å²) in [6.45, 7) is 5.71. The molecule has 1 aliphatic heterocycles. The van der Waals surface area contributed by atoms with Gasteiger partial charge in [-0.1, -0.05) is 42.5 Å². The average molecular weight is 447 g/mol. The van der Waals surface area contributed by atoms with E-state index in [0.717, 1.165) is 44.1 Å². The number of hydrogen-bond acceptors (Lipinski definition) is 6. The van der Waals surface area contributed by atoms with Gasteiger partial charge in [-0.25, -0.2) is 9.07 Å². The summed E-state index contributed by atoms with van der Waals surface area (Å²) in [4.78, 5) is 4.84. The third kappa shape index (κ3) is 5.86. The van der Waals surface area contributed by atoms with Gasteiger partial charge in [-0.2, -0.15) is 0 Å². The maximum Gasteiger partial charge on any atom is 0.173 e. The highest BCUT2D eigenvalue weighted by Gasteiger charge is 2.30. The summed E-state index contributed by atoms with van der Waals surface area (Å²) in [7, 11) is 1.66. The first-order valence-electron chi connectivity index (χ1n) is 10.3. The Hall–Kier alpha value is -2.39. The molecule has 166 valence electrons. The molecule has 1 aromatic heterocycles. The van der Waals surface area contributed by atoms with Gasteiger partial charge in [-0.15, -0.1) is 17.5 Å². The van der Waals surface area contributed by atoms with E-state index in [4.69, 9.17) is 4.74 Å². The third-order valence-corrected chi connectivity index (χ3v) is 5.52. The summed E-state index contributed by atoms with van der Waals surface area (Å²) in [5.41, 5.74) is 2.31. The van der Waals surface area contributed by atoms with Gasteiger partial charge in [-0.3, -0.25) is 9.80 Å². The zero-order chi connectivity index (χ0) is 20.8. The van der Waals surface area contributed by atoms with Gasteiger partial charge in [0.05, 0.1) is 19.2 Å². The fourth-order valence-electron chi connectivity index (χ4n) is 3.93. The second kappa shape index (κ2) is 11.3. The maximum absolute atomic E-state index is 13.6. The lowest BCUT2D eigenvalue weighted by Gasteiger charge is -2.39. The lowest BCUT2D eigenvalue weighted by molar-refractivity contribution is 0.0988. The molecule has 1 unspecified atom stereocenters. The molecule has 1 fully saturated rings. The first-order valence-corrected chi connectivity index (χ1v) is 10.3. The Balaban J connectivity index is 0.00000272. The third-order valence-electron chi connectivity index (χ3n) is 5.52. The van der Waals surface area contributed by atoms with Gasteiger partial charge in [-0.05, 0) is 33.7 Å². The Labute approximate surface area is 188 Å². The molecule has 0 spiro atoms. The SMILES string of the molecule is COCCn1nnnc1C(c1ccc(F)cc1)N1CCN(Cc2ccccc2)CC1.Cl. The number of ether oxygens (including phenoxy) is 1. The van der Waals surface area contributed by atoms with E-state index in [9.17, 15) is 4.39 Å². The summed E-state index contributed by atoms with van der Waals surface area (Å²) in [5, 5.41) is 12.4. The lowest BCUT2D eigenvalue weighted by atomic mass is 10.0. The highest BCUT2D eigenvalue weighted by atomic mass is 35.5. The minimum absolute atomic E-state index is 0. The van der Waals surface area contributed by atoms with E-state index in [0.29, 0.717) is 13.2 Å². The molecular formula is C22H28ClFN6O. The van der Waals surface area contributed by atoms with E-state index in [1.165, 1.54) is 17.7 Å². The van der Waals surface area contributed by atoms with Crippen LogP contribution in [0.4, 0.5) is 4.39 Å². The van der Waals surface area contributed by atoms with E-state index in [1.54, 1.807) is 11.8 Å². The molecule has 9 heteroatoms. The Morgan fingerprint density at radius 3 is 2.39 bits per heavy atom. The quantitative estimate of drug-likeness (QED) is 0.530. The highest BCUT2D eigenvalue weighted by molar-refractivity contribution is 5.85. The Kier molecular flexibility index (Phi) is 8.48. The molecule has 2 aromatic carbocycles. The molecule has 0 radical (unpaired) electrons. The smallest absolute Gasteiger partial charge is 0.173 e. The van der Waals surface area contributed by atoms with Crippen LogP contribution in [0.1, 0.15) is 23.0 Å². The fraction of sp³-hybridized carbons (Fsp3) is 0.409. The van der Waals surface area contributed by atoms with Gasteiger partial charge in [0.15, 0.2) is 5.82 Å². The summed E-state index contributed by atoms with van der Waals surface area (Å²) >= 11 is 0. The van der Waals surface area contributed by atoms with Crippen molar-refractivity contribution < 1.29 is 9.13 Å². The van der Waals surface area contributed by atoms with Crippen molar-refractivity contribution in [1.29, 1.82) is 0 Å². The van der Waals surface area contributed by atoms with Crippen LogP contribution >= 0.6 is 12.4 Å². The van der Waals surface area contributed by atoms with Crippen LogP contribution in [0.15, 0.2) is 54.6 Å². The van der Waals surface area contributed by atoms with Crippen LogP contribution in [-0.2, 0) is 17.8 Å². The Morgan fingerprint density at radius 2 is 1.71 bits per heavy atom. The van der Waals surface area contributed by atoms with Gasteiger partial charge in [0.2, 0.25) is 0 Å². The minimum Gasteiger partial charge on any atom is -0.383 e. The number of hydrogen-bond donors (Lipinski definition) is 0. The van der Waals surface area contributed by atoms with E-state index in [-0.39, 0.29) is 24.3 Å². The van der Waals surface area contributed by atoms with Crippen LogP contribution in [0.25, 0.3) is 0 Å². The van der Waals surface area contributed by atoms with Gasteiger partial charge >= 0.3 is 0 Å². The number of halogens is 2. The molecule has 1 saturated heterocycles. The number of piperazine rings is 1. The first-order chi connectivity index (χ1) is 14.7. The fourth-order valence-corrected chi connectivity index (χ4v) is 3.93. The monoisotopic (exact) mass is 446 g/mol. The normalized spacial score (nSPS) is 16.1. The van der Waals surface area contributed by atoms with Crippen molar-refractivity contribution >= 4 is 12.4 Å². The van der Waals surface area contributed by atoms with Gasteiger partial charge in [0.1, 0.15) is 5.82 Å². The van der Waals surface area contributed by atoms with E-state index >= 15 is 0 Å². The summed E-state index contributed by atoms with van der Waals surface area (Å²) in [5.74, 6) is 0.513. The minimum atomic E-state index is -0.246. The van der Waals surface area contributed by atoms with Crippen LogP contribution in [-0.4, -0.2) is 69.9 Å².